The van der Waals surface area contributed by atoms with Crippen LogP contribution in [0.5, 0.6) is 5.75 Å². The molecule has 2 aromatic carbocycles. The van der Waals surface area contributed by atoms with Crippen LogP contribution in [0, 0.1) is 0 Å². The van der Waals surface area contributed by atoms with Crippen LogP contribution in [-0.2, 0) is 10.0 Å². The Bertz CT molecular complexity index is 991. The first-order valence-electron chi connectivity index (χ1n) is 8.77. The van der Waals surface area contributed by atoms with Gasteiger partial charge in [-0.3, -0.25) is 9.52 Å². The Morgan fingerprint density at radius 2 is 1.86 bits per heavy atom. The Morgan fingerprint density at radius 3 is 2.50 bits per heavy atom. The van der Waals surface area contributed by atoms with E-state index in [4.69, 9.17) is 16.3 Å². The molecule has 3 rings (SSSR count). The molecule has 1 aliphatic rings. The number of benzene rings is 2. The molecule has 1 fully saturated rings. The maximum atomic E-state index is 12.9. The van der Waals surface area contributed by atoms with Crippen LogP contribution in [0.3, 0.4) is 0 Å². The Morgan fingerprint density at radius 1 is 1.14 bits per heavy atom. The number of hydrogen-bond acceptors (Lipinski definition) is 4. The van der Waals surface area contributed by atoms with Gasteiger partial charge in [-0.1, -0.05) is 11.6 Å². The molecular formula is C19H20BrClN2O4S. The average molecular weight is 488 g/mol. The fourth-order valence-corrected chi connectivity index (χ4v) is 4.56. The zero-order valence-electron chi connectivity index (χ0n) is 15.2. The number of halogens is 2. The van der Waals surface area contributed by atoms with Crippen molar-refractivity contribution in [3.63, 3.8) is 0 Å². The second-order valence-electron chi connectivity index (χ2n) is 6.45. The molecule has 28 heavy (non-hydrogen) atoms. The number of ether oxygens (including phenoxy) is 1. The molecule has 0 bridgehead atoms. The molecule has 150 valence electrons. The van der Waals surface area contributed by atoms with Crippen molar-refractivity contribution in [3.05, 3.63) is 51.5 Å². The van der Waals surface area contributed by atoms with Gasteiger partial charge in [0.15, 0.2) is 0 Å². The molecule has 2 aromatic rings. The fourth-order valence-electron chi connectivity index (χ4n) is 3.06. The third-order valence-corrected chi connectivity index (χ3v) is 7.14. The number of methoxy groups -OCH3 is 1. The van der Waals surface area contributed by atoms with Crippen molar-refractivity contribution in [1.82, 2.24) is 4.90 Å². The number of sulfonamides is 1. The second kappa shape index (κ2) is 8.71. The van der Waals surface area contributed by atoms with Gasteiger partial charge >= 0.3 is 0 Å². The van der Waals surface area contributed by atoms with Gasteiger partial charge in [0.05, 0.1) is 28.3 Å². The second-order valence-corrected chi connectivity index (χ2v) is 9.39. The quantitative estimate of drug-likeness (QED) is 0.672. The van der Waals surface area contributed by atoms with Crippen molar-refractivity contribution < 1.29 is 17.9 Å². The van der Waals surface area contributed by atoms with Crippen LogP contribution in [0.1, 0.15) is 29.6 Å². The summed E-state index contributed by atoms with van der Waals surface area (Å²) < 4.78 is 34.1. The molecule has 0 saturated carbocycles. The summed E-state index contributed by atoms with van der Waals surface area (Å²) in [5.41, 5.74) is 0.564. The van der Waals surface area contributed by atoms with E-state index in [2.05, 4.69) is 20.7 Å². The maximum absolute atomic E-state index is 12.9. The third-order valence-electron chi connectivity index (χ3n) is 4.53. The summed E-state index contributed by atoms with van der Waals surface area (Å²) in [6, 6.07) is 9.02. The van der Waals surface area contributed by atoms with Gasteiger partial charge in [0, 0.05) is 17.6 Å². The number of amides is 1. The van der Waals surface area contributed by atoms with E-state index in [1.807, 2.05) is 0 Å². The van der Waals surface area contributed by atoms with Crippen molar-refractivity contribution in [3.8, 4) is 5.75 Å². The Kier molecular flexibility index (Phi) is 6.52. The highest BCUT2D eigenvalue weighted by Gasteiger charge is 2.24. The minimum atomic E-state index is -3.90. The highest BCUT2D eigenvalue weighted by atomic mass is 79.9. The van der Waals surface area contributed by atoms with Crippen molar-refractivity contribution in [2.45, 2.75) is 24.2 Å². The molecule has 0 unspecified atom stereocenters. The average Bonchev–Trinajstić information content (AvgIpc) is 2.70. The maximum Gasteiger partial charge on any atom is 0.261 e. The third kappa shape index (κ3) is 4.61. The van der Waals surface area contributed by atoms with Crippen LogP contribution in [0.15, 0.2) is 45.8 Å². The van der Waals surface area contributed by atoms with Crippen LogP contribution in [-0.4, -0.2) is 39.4 Å². The smallest absolute Gasteiger partial charge is 0.261 e. The number of nitrogens with one attached hydrogen (secondary N) is 1. The molecule has 9 heteroatoms. The zero-order chi connectivity index (χ0) is 20.3. The number of hydrogen-bond donors (Lipinski definition) is 1. The van der Waals surface area contributed by atoms with Gasteiger partial charge in [-0.25, -0.2) is 8.42 Å². The number of rotatable bonds is 5. The van der Waals surface area contributed by atoms with Gasteiger partial charge in [0.2, 0.25) is 0 Å². The summed E-state index contributed by atoms with van der Waals surface area (Å²) in [6.07, 6.45) is 2.98. The van der Waals surface area contributed by atoms with Crippen LogP contribution in [0.4, 0.5) is 5.69 Å². The SMILES string of the molecule is COc1ccc(S(=O)(=O)Nc2ccc(Br)c(Cl)c2)cc1C(=O)N1CCCCC1. The van der Waals surface area contributed by atoms with Crippen molar-refractivity contribution >= 4 is 49.1 Å². The molecule has 6 nitrogen and oxygen atoms in total. The summed E-state index contributed by atoms with van der Waals surface area (Å²) in [5.74, 6) is 0.126. The highest BCUT2D eigenvalue weighted by molar-refractivity contribution is 9.10. The van der Waals surface area contributed by atoms with E-state index in [1.54, 1.807) is 17.0 Å². The molecule has 1 heterocycles. The van der Waals surface area contributed by atoms with Gasteiger partial charge in [0.25, 0.3) is 15.9 Å². The molecule has 0 atom stereocenters. The van der Waals surface area contributed by atoms with Crippen LogP contribution < -0.4 is 9.46 Å². The minimum Gasteiger partial charge on any atom is -0.496 e. The number of piperidine rings is 1. The first-order valence-corrected chi connectivity index (χ1v) is 11.4. The van der Waals surface area contributed by atoms with Gasteiger partial charge in [-0.2, -0.15) is 0 Å². The summed E-state index contributed by atoms with van der Waals surface area (Å²) >= 11 is 9.30. The van der Waals surface area contributed by atoms with E-state index in [-0.39, 0.29) is 16.4 Å². The van der Waals surface area contributed by atoms with Crippen LogP contribution >= 0.6 is 27.5 Å². The molecule has 0 aliphatic carbocycles. The largest absolute Gasteiger partial charge is 0.496 e. The lowest BCUT2D eigenvalue weighted by Gasteiger charge is -2.27. The van der Waals surface area contributed by atoms with E-state index < -0.39 is 10.0 Å². The van der Waals surface area contributed by atoms with E-state index in [1.165, 1.54) is 31.4 Å². The molecule has 0 aromatic heterocycles. The van der Waals surface area contributed by atoms with Gasteiger partial charge in [0.1, 0.15) is 5.75 Å². The summed E-state index contributed by atoms with van der Waals surface area (Å²) in [4.78, 5) is 14.6. The van der Waals surface area contributed by atoms with Gasteiger partial charge < -0.3 is 9.64 Å². The lowest BCUT2D eigenvalue weighted by molar-refractivity contribution is 0.0720. The lowest BCUT2D eigenvalue weighted by atomic mass is 10.1. The first kappa shape index (κ1) is 21.0. The van der Waals surface area contributed by atoms with Crippen LogP contribution in [0.2, 0.25) is 5.02 Å². The Labute approximate surface area is 178 Å². The summed E-state index contributed by atoms with van der Waals surface area (Å²) in [7, 11) is -2.45. The predicted molar refractivity (Wildman–Crippen MR) is 113 cm³/mol. The lowest BCUT2D eigenvalue weighted by Crippen LogP contribution is -2.35. The van der Waals surface area contributed by atoms with Crippen LogP contribution in [0.25, 0.3) is 0 Å². The number of likely N-dealkylation sites (tertiary alicyclic amines) is 1. The number of nitrogens with zero attached hydrogens (tertiary/aromatic N) is 1. The molecular weight excluding hydrogens is 468 g/mol. The molecule has 1 saturated heterocycles. The van der Waals surface area contributed by atoms with Crippen molar-refractivity contribution in [1.29, 1.82) is 0 Å². The van der Waals surface area contributed by atoms with Gasteiger partial charge in [-0.15, -0.1) is 0 Å². The van der Waals surface area contributed by atoms with E-state index in [0.717, 1.165) is 19.3 Å². The minimum absolute atomic E-state index is 0.0206. The standard InChI is InChI=1S/C19H20BrClN2O4S/c1-27-18-8-6-14(12-15(18)19(24)23-9-3-2-4-10-23)28(25,26)22-13-5-7-16(20)17(21)11-13/h5-8,11-12,22H,2-4,9-10H2,1H3. The summed E-state index contributed by atoms with van der Waals surface area (Å²) in [6.45, 7) is 1.32. The van der Waals surface area contributed by atoms with E-state index in [9.17, 15) is 13.2 Å². The molecule has 1 aliphatic heterocycles. The van der Waals surface area contributed by atoms with Gasteiger partial charge in [-0.05, 0) is 71.6 Å². The highest BCUT2D eigenvalue weighted by Crippen LogP contribution is 2.29. The van der Waals surface area contributed by atoms with Crippen molar-refractivity contribution in [2.75, 3.05) is 24.9 Å². The Hall–Kier alpha value is -1.77. The first-order chi connectivity index (χ1) is 13.3. The molecule has 1 N–H and O–H groups in total. The monoisotopic (exact) mass is 486 g/mol. The normalized spacial score (nSPS) is 14.6. The molecule has 0 radical (unpaired) electrons. The molecule has 1 amide bonds. The predicted octanol–water partition coefficient (Wildman–Crippen LogP) is 4.54. The van der Waals surface area contributed by atoms with E-state index in [0.29, 0.717) is 34.0 Å². The fraction of sp³-hybridized carbons (Fsp3) is 0.316. The van der Waals surface area contributed by atoms with Crippen molar-refractivity contribution in [2.24, 2.45) is 0 Å². The van der Waals surface area contributed by atoms with E-state index >= 15 is 0 Å². The topological polar surface area (TPSA) is 75.7 Å². The zero-order valence-corrected chi connectivity index (χ0v) is 18.4. The number of carbonyl (C=O) groups excluding carboxylic acids is 1. The molecule has 0 spiro atoms. The summed E-state index contributed by atoms with van der Waals surface area (Å²) in [5, 5.41) is 0.385. The number of carbonyl (C=O) groups is 1. The number of anilines is 1. The Balaban J connectivity index is 1.92.